The molecule has 3 aliphatic heterocycles. The van der Waals surface area contributed by atoms with E-state index in [-0.39, 0.29) is 42.4 Å². The molecule has 0 fully saturated rings. The number of carbonyl (C=O) groups is 2. The summed E-state index contributed by atoms with van der Waals surface area (Å²) in [5.41, 5.74) is 7.68. The molecule has 1 amide bonds. The van der Waals surface area contributed by atoms with Gasteiger partial charge in [-0.3, -0.25) is 14.5 Å². The van der Waals surface area contributed by atoms with Crippen molar-refractivity contribution >= 4 is 17.6 Å². The molecule has 0 unspecified atom stereocenters. The van der Waals surface area contributed by atoms with Crippen molar-refractivity contribution in [3.63, 3.8) is 0 Å². The van der Waals surface area contributed by atoms with Crippen molar-refractivity contribution in [1.82, 2.24) is 4.90 Å². The van der Waals surface area contributed by atoms with Crippen LogP contribution in [0, 0.1) is 5.82 Å². The summed E-state index contributed by atoms with van der Waals surface area (Å²) in [6.45, 7) is 8.07. The fourth-order valence-corrected chi connectivity index (χ4v) is 5.68. The van der Waals surface area contributed by atoms with Crippen molar-refractivity contribution < 1.29 is 28.2 Å². The second-order valence-corrected chi connectivity index (χ2v) is 10.4. The Labute approximate surface area is 221 Å². The third-order valence-corrected chi connectivity index (χ3v) is 8.18. The van der Waals surface area contributed by atoms with E-state index in [1.807, 2.05) is 20.8 Å². The molecule has 38 heavy (non-hydrogen) atoms. The summed E-state index contributed by atoms with van der Waals surface area (Å²) < 4.78 is 32.0. The van der Waals surface area contributed by atoms with Crippen LogP contribution in [0.15, 0.2) is 35.3 Å². The Bertz CT molecular complexity index is 1310. The van der Waals surface area contributed by atoms with Crippen LogP contribution < -0.4 is 19.9 Å². The largest absolute Gasteiger partial charge is 0.493 e. The molecule has 3 atom stereocenters. The lowest BCUT2D eigenvalue weighted by Crippen LogP contribution is -2.53. The molecule has 8 nitrogen and oxygen atoms in total. The number of rotatable bonds is 6. The van der Waals surface area contributed by atoms with Gasteiger partial charge in [0.25, 0.3) is 0 Å². The highest BCUT2D eigenvalue weighted by Crippen LogP contribution is 2.44. The minimum atomic E-state index is -0.478. The molecule has 2 N–H and O–H groups in total. The number of amides is 1. The van der Waals surface area contributed by atoms with Crippen LogP contribution in [0.5, 0.6) is 17.2 Å². The Morgan fingerprint density at radius 2 is 1.95 bits per heavy atom. The number of nitrogens with two attached hydrogens (primary N) is 1. The molecule has 202 valence electrons. The van der Waals surface area contributed by atoms with Crippen molar-refractivity contribution in [2.24, 2.45) is 10.7 Å². The van der Waals surface area contributed by atoms with Crippen LogP contribution in [0.2, 0.25) is 0 Å². The van der Waals surface area contributed by atoms with Gasteiger partial charge in [0, 0.05) is 29.5 Å². The monoisotopic (exact) mass is 523 g/mol. The molecule has 0 spiro atoms. The fraction of sp³-hybridized carbons (Fsp3) is 0.483. The van der Waals surface area contributed by atoms with Crippen LogP contribution in [0.4, 0.5) is 4.39 Å². The molecule has 0 bridgehead atoms. The van der Waals surface area contributed by atoms with E-state index in [0.717, 1.165) is 12.8 Å². The lowest BCUT2D eigenvalue weighted by Gasteiger charge is -2.41. The van der Waals surface area contributed by atoms with Crippen molar-refractivity contribution in [1.29, 1.82) is 0 Å². The summed E-state index contributed by atoms with van der Waals surface area (Å²) in [6.07, 6.45) is 1.82. The number of Topliss-reactive ketones (excluding diaryl/α,β-unsaturated/α-hetero) is 1. The number of nitrogens with zero attached hydrogens (tertiary/aromatic N) is 2. The minimum Gasteiger partial charge on any atom is -0.493 e. The number of halogens is 1. The zero-order valence-electron chi connectivity index (χ0n) is 22.3. The number of ether oxygens (including phenoxy) is 3. The molecule has 0 aromatic heterocycles. The van der Waals surface area contributed by atoms with Crippen LogP contribution in [0.25, 0.3) is 0 Å². The molecule has 3 heterocycles. The quantitative estimate of drug-likeness (QED) is 0.540. The third kappa shape index (κ3) is 4.48. The molecule has 2 aromatic carbocycles. The van der Waals surface area contributed by atoms with Gasteiger partial charge in [-0.15, -0.1) is 0 Å². The van der Waals surface area contributed by atoms with Crippen LogP contribution >= 0.6 is 0 Å². The molecule has 9 heteroatoms. The van der Waals surface area contributed by atoms with Gasteiger partial charge in [-0.25, -0.2) is 9.38 Å². The number of hydrogen-bond donors (Lipinski definition) is 1. The predicted molar refractivity (Wildman–Crippen MR) is 140 cm³/mol. The van der Waals surface area contributed by atoms with E-state index in [4.69, 9.17) is 24.9 Å². The van der Waals surface area contributed by atoms with Gasteiger partial charge in [-0.05, 0) is 44.0 Å². The third-order valence-electron chi connectivity index (χ3n) is 8.18. The molecule has 0 aliphatic carbocycles. The Hall–Kier alpha value is -3.62. The van der Waals surface area contributed by atoms with Crippen LogP contribution in [-0.2, 0) is 4.79 Å². The highest BCUT2D eigenvalue weighted by atomic mass is 19.1. The van der Waals surface area contributed by atoms with Gasteiger partial charge in [-0.1, -0.05) is 20.8 Å². The highest BCUT2D eigenvalue weighted by molar-refractivity contribution is 6.00. The van der Waals surface area contributed by atoms with Crippen molar-refractivity contribution in [3.05, 3.63) is 52.8 Å². The lowest BCUT2D eigenvalue weighted by molar-refractivity contribution is -0.132. The van der Waals surface area contributed by atoms with E-state index >= 15 is 0 Å². The Morgan fingerprint density at radius 1 is 1.18 bits per heavy atom. The Balaban J connectivity index is 1.48. The first-order valence-corrected chi connectivity index (χ1v) is 13.2. The topological polar surface area (TPSA) is 103 Å². The number of hydrogen-bond acceptors (Lipinski definition) is 7. The van der Waals surface area contributed by atoms with E-state index in [0.29, 0.717) is 47.0 Å². The van der Waals surface area contributed by atoms with Crippen LogP contribution in [0.1, 0.15) is 86.8 Å². The molecule has 3 aliphatic rings. The van der Waals surface area contributed by atoms with Crippen molar-refractivity contribution in [2.75, 3.05) is 13.2 Å². The Kier molecular flexibility index (Phi) is 6.79. The lowest BCUT2D eigenvalue weighted by atomic mass is 9.86. The molecule has 0 saturated carbocycles. The van der Waals surface area contributed by atoms with E-state index in [2.05, 4.69) is 0 Å². The smallest absolute Gasteiger partial charge is 0.232 e. The molecule has 0 saturated heterocycles. The SMILES string of the molecule is CCC1(CC)CC(=O)N([C@@H]2CCOc3cc(O[C@@H]4COc5ccc(F)cc5[C@H]4C)c(C(C)=O)cc32)C(N)=N1. The molecule has 0 radical (unpaired) electrons. The standard InChI is InChI=1S/C29H34FN3O5/c1-5-29(6-2)14-27(35)33(28(31)32-29)22-9-10-36-24-13-25(20(17(4)34)12-21(22)24)38-26-15-37-23-8-7-18(30)11-19(23)16(26)3/h7-8,11-13,16,22,26H,5-6,9-10,14-15H2,1-4H3,(H2,31,32)/t16-,22-,26-/m1/s1. The summed E-state index contributed by atoms with van der Waals surface area (Å²) in [7, 11) is 0. The highest BCUT2D eigenvalue weighted by Gasteiger charge is 2.42. The van der Waals surface area contributed by atoms with Gasteiger partial charge in [0.05, 0.1) is 30.2 Å². The summed E-state index contributed by atoms with van der Waals surface area (Å²) in [4.78, 5) is 32.4. The van der Waals surface area contributed by atoms with Gasteiger partial charge >= 0.3 is 0 Å². The van der Waals surface area contributed by atoms with Gasteiger partial charge in [0.1, 0.15) is 35.8 Å². The first-order chi connectivity index (χ1) is 18.2. The Morgan fingerprint density at radius 3 is 2.63 bits per heavy atom. The fourth-order valence-electron chi connectivity index (χ4n) is 5.68. The van der Waals surface area contributed by atoms with Gasteiger partial charge in [0.2, 0.25) is 5.91 Å². The van der Waals surface area contributed by atoms with Crippen molar-refractivity contribution in [3.8, 4) is 17.2 Å². The maximum Gasteiger partial charge on any atom is 0.232 e. The average Bonchev–Trinajstić information content (AvgIpc) is 2.89. The van der Waals surface area contributed by atoms with E-state index in [9.17, 15) is 14.0 Å². The van der Waals surface area contributed by atoms with E-state index in [1.165, 1.54) is 19.1 Å². The van der Waals surface area contributed by atoms with Gasteiger partial charge in [0.15, 0.2) is 11.7 Å². The average molecular weight is 524 g/mol. The zero-order chi connectivity index (χ0) is 27.2. The van der Waals surface area contributed by atoms with Gasteiger partial charge in [-0.2, -0.15) is 0 Å². The molecule has 5 rings (SSSR count). The molecular formula is C29H34FN3O5. The number of benzene rings is 2. The normalized spacial score (nSPS) is 23.9. The predicted octanol–water partition coefficient (Wildman–Crippen LogP) is 4.90. The number of carbonyl (C=O) groups excluding carboxylic acids is 2. The maximum absolute atomic E-state index is 13.9. The zero-order valence-corrected chi connectivity index (χ0v) is 22.3. The number of ketones is 1. The maximum atomic E-state index is 13.9. The van der Waals surface area contributed by atoms with Crippen molar-refractivity contribution in [2.45, 2.75) is 77.0 Å². The van der Waals surface area contributed by atoms with Crippen LogP contribution in [0.3, 0.4) is 0 Å². The first-order valence-electron chi connectivity index (χ1n) is 13.2. The number of aliphatic imine (C=N–C) groups is 1. The minimum absolute atomic E-state index is 0.0807. The number of fused-ring (bicyclic) bond motifs is 2. The van der Waals surface area contributed by atoms with E-state index in [1.54, 1.807) is 23.1 Å². The second-order valence-electron chi connectivity index (χ2n) is 10.4. The summed E-state index contributed by atoms with van der Waals surface area (Å²) in [5, 5.41) is 0. The first kappa shape index (κ1) is 26.0. The van der Waals surface area contributed by atoms with E-state index < -0.39 is 17.7 Å². The summed E-state index contributed by atoms with van der Waals surface area (Å²) in [6, 6.07) is 7.48. The second kappa shape index (κ2) is 9.93. The number of guanidine groups is 1. The van der Waals surface area contributed by atoms with Crippen LogP contribution in [-0.4, -0.2) is 47.4 Å². The summed E-state index contributed by atoms with van der Waals surface area (Å²) >= 11 is 0. The molecule has 2 aromatic rings. The molecular weight excluding hydrogens is 489 g/mol. The summed E-state index contributed by atoms with van der Waals surface area (Å²) in [5.74, 6) is 0.934. The van der Waals surface area contributed by atoms with Gasteiger partial charge < -0.3 is 19.9 Å².